The average molecular weight is 374 g/mol. The van der Waals surface area contributed by atoms with Gasteiger partial charge in [0.05, 0.1) is 0 Å². The number of amides is 2. The maximum absolute atomic E-state index is 12.5. The molecule has 9 heteroatoms. The van der Waals surface area contributed by atoms with Crippen LogP contribution in [0.15, 0.2) is 18.2 Å². The van der Waals surface area contributed by atoms with Crippen molar-refractivity contribution in [1.29, 1.82) is 0 Å². The Bertz CT molecular complexity index is 684. The molecule has 0 aliphatic carbocycles. The molecule has 1 aromatic carbocycles. The summed E-state index contributed by atoms with van der Waals surface area (Å²) in [5.41, 5.74) is 0.197. The van der Waals surface area contributed by atoms with E-state index in [1.807, 2.05) is 0 Å². The quantitative estimate of drug-likeness (QED) is 0.841. The van der Waals surface area contributed by atoms with Crippen LogP contribution in [-0.2, 0) is 9.53 Å². The van der Waals surface area contributed by atoms with Gasteiger partial charge >= 0.3 is 12.5 Å². The summed E-state index contributed by atoms with van der Waals surface area (Å²) < 4.78 is 46.5. The molecule has 1 aliphatic rings. The van der Waals surface area contributed by atoms with Crippen LogP contribution in [0.3, 0.4) is 0 Å². The van der Waals surface area contributed by atoms with E-state index in [1.54, 1.807) is 20.8 Å². The third kappa shape index (κ3) is 6.12. The maximum Gasteiger partial charge on any atom is 0.573 e. The van der Waals surface area contributed by atoms with Crippen LogP contribution in [0.1, 0.15) is 45.1 Å². The van der Waals surface area contributed by atoms with Crippen molar-refractivity contribution in [3.05, 3.63) is 23.8 Å². The number of halogens is 3. The molecule has 0 radical (unpaired) electrons. The summed E-state index contributed by atoms with van der Waals surface area (Å²) in [5, 5.41) is 5.25. The van der Waals surface area contributed by atoms with Crippen LogP contribution in [0.2, 0.25) is 0 Å². The van der Waals surface area contributed by atoms with Gasteiger partial charge in [-0.25, -0.2) is 4.79 Å². The summed E-state index contributed by atoms with van der Waals surface area (Å²) in [5.74, 6) is -0.988. The van der Waals surface area contributed by atoms with Crippen LogP contribution in [0.4, 0.5) is 23.7 Å². The van der Waals surface area contributed by atoms with Crippen LogP contribution < -0.4 is 15.4 Å². The minimum absolute atomic E-state index is 0.117. The number of hydrogen-bond acceptors (Lipinski definition) is 4. The Morgan fingerprint density at radius 3 is 2.62 bits per heavy atom. The summed E-state index contributed by atoms with van der Waals surface area (Å²) >= 11 is 0. The number of hydrogen-bond donors (Lipinski definition) is 2. The van der Waals surface area contributed by atoms with E-state index in [4.69, 9.17) is 4.74 Å². The van der Waals surface area contributed by atoms with Crippen LogP contribution in [0.5, 0.6) is 5.75 Å². The van der Waals surface area contributed by atoms with Gasteiger partial charge in [0.25, 0.3) is 0 Å². The minimum Gasteiger partial charge on any atom is -0.444 e. The zero-order chi connectivity index (χ0) is 19.5. The summed E-state index contributed by atoms with van der Waals surface area (Å²) in [7, 11) is 0. The van der Waals surface area contributed by atoms with E-state index in [0.717, 1.165) is 6.07 Å². The molecule has 0 saturated carbocycles. The lowest BCUT2D eigenvalue weighted by atomic mass is 9.94. The molecule has 1 atom stereocenters. The molecule has 144 valence electrons. The third-order valence-corrected chi connectivity index (χ3v) is 3.58. The van der Waals surface area contributed by atoms with Crippen molar-refractivity contribution in [2.45, 2.75) is 51.5 Å². The number of carbonyl (C=O) groups is 2. The van der Waals surface area contributed by atoms with Gasteiger partial charge in [0.2, 0.25) is 5.91 Å². The van der Waals surface area contributed by atoms with Gasteiger partial charge in [0.15, 0.2) is 0 Å². The Morgan fingerprint density at radius 1 is 1.31 bits per heavy atom. The van der Waals surface area contributed by atoms with Crippen LogP contribution in [-0.4, -0.2) is 30.5 Å². The Balaban J connectivity index is 2.18. The maximum atomic E-state index is 12.5. The van der Waals surface area contributed by atoms with E-state index in [2.05, 4.69) is 15.4 Å². The lowest BCUT2D eigenvalue weighted by Gasteiger charge is -2.22. The molecule has 1 aromatic rings. The normalized spacial score (nSPS) is 17.6. The van der Waals surface area contributed by atoms with Crippen molar-refractivity contribution >= 4 is 17.7 Å². The van der Waals surface area contributed by atoms with E-state index in [9.17, 15) is 22.8 Å². The highest BCUT2D eigenvalue weighted by Crippen LogP contribution is 2.35. The molecule has 0 aromatic heterocycles. The molecule has 2 amide bonds. The molecule has 0 spiro atoms. The zero-order valence-corrected chi connectivity index (χ0v) is 14.7. The Kier molecular flexibility index (Phi) is 5.68. The number of nitrogens with one attached hydrogen (secondary N) is 2. The van der Waals surface area contributed by atoms with E-state index in [-0.39, 0.29) is 30.5 Å². The lowest BCUT2D eigenvalue weighted by molar-refractivity contribution is -0.274. The van der Waals surface area contributed by atoms with Crippen LogP contribution in [0, 0.1) is 0 Å². The molecule has 26 heavy (non-hydrogen) atoms. The standard InChI is InChI=1S/C17H21F3N2O4/c1-16(2,3)26-15(24)21-9-10-4-7-14(23)22-13-6-5-11(8-12(10)13)25-17(18,19)20/h5-6,8,10H,4,7,9H2,1-3H3,(H,21,24)(H,22,23). The number of fused-ring (bicyclic) bond motifs is 1. The predicted octanol–water partition coefficient (Wildman–Crippen LogP) is 3.93. The molecule has 2 N–H and O–H groups in total. The van der Waals surface area contributed by atoms with Crippen molar-refractivity contribution in [3.8, 4) is 5.75 Å². The first-order valence-electron chi connectivity index (χ1n) is 8.09. The lowest BCUT2D eigenvalue weighted by Crippen LogP contribution is -2.34. The Morgan fingerprint density at radius 2 is 2.00 bits per heavy atom. The molecular formula is C17H21F3N2O4. The first-order chi connectivity index (χ1) is 11.9. The fourth-order valence-corrected chi connectivity index (χ4v) is 2.60. The fourth-order valence-electron chi connectivity index (χ4n) is 2.60. The SMILES string of the molecule is CC(C)(C)OC(=O)NCC1CCC(=O)Nc2ccc(OC(F)(F)F)cc21. The zero-order valence-electron chi connectivity index (χ0n) is 14.7. The first kappa shape index (κ1) is 19.9. The van der Waals surface area contributed by atoms with Gasteiger partial charge in [-0.1, -0.05) is 0 Å². The first-order valence-corrected chi connectivity index (χ1v) is 8.09. The van der Waals surface area contributed by atoms with Gasteiger partial charge in [-0.3, -0.25) is 4.79 Å². The van der Waals surface area contributed by atoms with Gasteiger partial charge in [-0.05, 0) is 51.0 Å². The molecule has 0 bridgehead atoms. The molecule has 1 unspecified atom stereocenters. The summed E-state index contributed by atoms with van der Waals surface area (Å²) in [6.07, 6.45) is -4.90. The number of alkyl halides is 3. The second-order valence-corrected chi connectivity index (χ2v) is 6.96. The molecule has 6 nitrogen and oxygen atoms in total. The highest BCUT2D eigenvalue weighted by molar-refractivity contribution is 5.92. The van der Waals surface area contributed by atoms with Crippen molar-refractivity contribution in [3.63, 3.8) is 0 Å². The Labute approximate surface area is 149 Å². The minimum atomic E-state index is -4.81. The monoisotopic (exact) mass is 374 g/mol. The van der Waals surface area contributed by atoms with Gasteiger partial charge < -0.3 is 20.1 Å². The van der Waals surface area contributed by atoms with Crippen molar-refractivity contribution < 1.29 is 32.2 Å². The number of anilines is 1. The fraction of sp³-hybridized carbons (Fsp3) is 0.529. The second kappa shape index (κ2) is 7.43. The summed E-state index contributed by atoms with van der Waals surface area (Å²) in [6, 6.07) is 3.73. The molecule has 2 rings (SSSR count). The number of rotatable bonds is 3. The summed E-state index contributed by atoms with van der Waals surface area (Å²) in [4.78, 5) is 23.6. The van der Waals surface area contributed by atoms with E-state index in [0.29, 0.717) is 17.7 Å². The largest absolute Gasteiger partial charge is 0.573 e. The molecule has 1 heterocycles. The Hall–Kier alpha value is -2.45. The number of alkyl carbamates (subject to hydrolysis) is 1. The highest BCUT2D eigenvalue weighted by atomic mass is 19.4. The van der Waals surface area contributed by atoms with Crippen molar-refractivity contribution in [1.82, 2.24) is 5.32 Å². The van der Waals surface area contributed by atoms with Gasteiger partial charge in [-0.15, -0.1) is 13.2 Å². The number of carbonyl (C=O) groups excluding carboxylic acids is 2. The highest BCUT2D eigenvalue weighted by Gasteiger charge is 2.32. The third-order valence-electron chi connectivity index (χ3n) is 3.58. The topological polar surface area (TPSA) is 76.7 Å². The van der Waals surface area contributed by atoms with Crippen LogP contribution >= 0.6 is 0 Å². The van der Waals surface area contributed by atoms with Gasteiger partial charge in [-0.2, -0.15) is 0 Å². The number of ether oxygens (including phenoxy) is 2. The molecule has 0 saturated heterocycles. The summed E-state index contributed by atoms with van der Waals surface area (Å²) in [6.45, 7) is 5.27. The van der Waals surface area contributed by atoms with Crippen molar-refractivity contribution in [2.24, 2.45) is 0 Å². The molecular weight excluding hydrogens is 353 g/mol. The molecule has 0 fully saturated rings. The molecule has 1 aliphatic heterocycles. The van der Waals surface area contributed by atoms with Crippen molar-refractivity contribution in [2.75, 3.05) is 11.9 Å². The van der Waals surface area contributed by atoms with E-state index < -0.39 is 18.1 Å². The average Bonchev–Trinajstić information content (AvgIpc) is 2.60. The second-order valence-electron chi connectivity index (χ2n) is 6.96. The predicted molar refractivity (Wildman–Crippen MR) is 88.0 cm³/mol. The van der Waals surface area contributed by atoms with Crippen LogP contribution in [0.25, 0.3) is 0 Å². The van der Waals surface area contributed by atoms with E-state index in [1.165, 1.54) is 12.1 Å². The van der Waals surface area contributed by atoms with Gasteiger partial charge in [0.1, 0.15) is 11.4 Å². The smallest absolute Gasteiger partial charge is 0.444 e. The van der Waals surface area contributed by atoms with E-state index >= 15 is 0 Å². The number of benzene rings is 1. The van der Waals surface area contributed by atoms with Gasteiger partial charge in [0, 0.05) is 24.6 Å².